The number of hydrogen-bond donors (Lipinski definition) is 4. The first-order valence-corrected chi connectivity index (χ1v) is 8.43. The first-order chi connectivity index (χ1) is 10.4. The first-order valence-electron chi connectivity index (χ1n) is 8.43. The van der Waals surface area contributed by atoms with E-state index >= 15 is 0 Å². The van der Waals surface area contributed by atoms with Gasteiger partial charge >= 0.3 is 0 Å². The molecule has 0 aliphatic rings. The summed E-state index contributed by atoms with van der Waals surface area (Å²) in [6, 6.07) is 5.78. The third-order valence-corrected chi connectivity index (χ3v) is 3.72. The highest BCUT2D eigenvalue weighted by atomic mass is 16.3. The molecule has 4 nitrogen and oxygen atoms in total. The quantitative estimate of drug-likeness (QED) is 0.396. The molecule has 0 bridgehead atoms. The molecule has 0 aromatic heterocycles. The summed E-state index contributed by atoms with van der Waals surface area (Å²) in [5.41, 5.74) is 7.48. The number of phenols is 1. The molecule has 126 valence electrons. The summed E-state index contributed by atoms with van der Waals surface area (Å²) in [7, 11) is 0. The summed E-state index contributed by atoms with van der Waals surface area (Å²) in [6.07, 6.45) is 4.57. The summed E-state index contributed by atoms with van der Waals surface area (Å²) in [4.78, 5) is 0. The lowest BCUT2D eigenvalue weighted by Gasteiger charge is -2.21. The van der Waals surface area contributed by atoms with Crippen LogP contribution in [0.5, 0.6) is 5.75 Å². The van der Waals surface area contributed by atoms with Gasteiger partial charge in [-0.25, -0.2) is 0 Å². The lowest BCUT2D eigenvalue weighted by molar-refractivity contribution is 0.447. The van der Waals surface area contributed by atoms with Gasteiger partial charge < -0.3 is 21.5 Å². The van der Waals surface area contributed by atoms with E-state index < -0.39 is 0 Å². The maximum Gasteiger partial charge on any atom is 0.119 e. The van der Waals surface area contributed by atoms with E-state index in [1.807, 2.05) is 6.07 Å². The molecular weight excluding hydrogens is 274 g/mol. The van der Waals surface area contributed by atoms with Crippen molar-refractivity contribution in [2.45, 2.75) is 51.9 Å². The maximum atomic E-state index is 9.96. The smallest absolute Gasteiger partial charge is 0.119 e. The fraction of sp³-hybridized carbons (Fsp3) is 0.667. The van der Waals surface area contributed by atoms with Gasteiger partial charge in [-0.1, -0.05) is 20.8 Å². The Morgan fingerprint density at radius 2 is 1.64 bits per heavy atom. The van der Waals surface area contributed by atoms with Crippen LogP contribution in [0.1, 0.15) is 52.0 Å². The minimum Gasteiger partial charge on any atom is -0.508 e. The summed E-state index contributed by atoms with van der Waals surface area (Å²) in [6.45, 7) is 10.2. The van der Waals surface area contributed by atoms with Crippen LogP contribution in [0.25, 0.3) is 0 Å². The second-order valence-corrected chi connectivity index (χ2v) is 6.86. The Hall–Kier alpha value is -1.26. The molecule has 22 heavy (non-hydrogen) atoms. The van der Waals surface area contributed by atoms with Crippen LogP contribution in [0.15, 0.2) is 18.2 Å². The molecule has 4 heteroatoms. The second-order valence-electron chi connectivity index (χ2n) is 6.86. The highest BCUT2D eigenvalue weighted by Gasteiger charge is 2.18. The molecule has 0 aliphatic carbocycles. The number of phenolic OH excluding ortho intramolecular Hbond substituents is 1. The van der Waals surface area contributed by atoms with Crippen LogP contribution in [-0.2, 0) is 5.41 Å². The maximum absolute atomic E-state index is 9.96. The minimum absolute atomic E-state index is 0.0464. The SMILES string of the molecule is CC(C)(C)c1cc(NCCCCNCCCCN)ccc1O. The number of rotatable bonds is 10. The Bertz CT molecular complexity index is 427. The van der Waals surface area contributed by atoms with E-state index in [0.717, 1.165) is 56.7 Å². The van der Waals surface area contributed by atoms with Gasteiger partial charge in [-0.05, 0) is 68.9 Å². The molecule has 0 amide bonds. The summed E-state index contributed by atoms with van der Waals surface area (Å²) in [5, 5.41) is 16.8. The summed E-state index contributed by atoms with van der Waals surface area (Å²) >= 11 is 0. The predicted octanol–water partition coefficient (Wildman–Crippen LogP) is 3.21. The van der Waals surface area contributed by atoms with E-state index in [0.29, 0.717) is 5.75 Å². The fourth-order valence-corrected chi connectivity index (χ4v) is 2.37. The lowest BCUT2D eigenvalue weighted by atomic mass is 9.86. The molecule has 1 aromatic carbocycles. The molecule has 5 N–H and O–H groups in total. The van der Waals surface area contributed by atoms with Crippen molar-refractivity contribution in [3.63, 3.8) is 0 Å². The highest BCUT2D eigenvalue weighted by Crippen LogP contribution is 2.32. The molecule has 1 aromatic rings. The van der Waals surface area contributed by atoms with Gasteiger partial charge in [0.1, 0.15) is 5.75 Å². The number of benzene rings is 1. The van der Waals surface area contributed by atoms with E-state index in [1.54, 1.807) is 6.07 Å². The lowest BCUT2D eigenvalue weighted by Crippen LogP contribution is -2.18. The average Bonchev–Trinajstić information content (AvgIpc) is 2.46. The molecule has 0 aliphatic heterocycles. The molecule has 0 fully saturated rings. The van der Waals surface area contributed by atoms with Crippen molar-refractivity contribution >= 4 is 5.69 Å². The molecule has 0 atom stereocenters. The van der Waals surface area contributed by atoms with Crippen molar-refractivity contribution in [2.75, 3.05) is 31.5 Å². The molecular formula is C18H33N3O. The van der Waals surface area contributed by atoms with Gasteiger partial charge in [-0.2, -0.15) is 0 Å². The third-order valence-electron chi connectivity index (χ3n) is 3.72. The van der Waals surface area contributed by atoms with Crippen molar-refractivity contribution in [1.29, 1.82) is 0 Å². The van der Waals surface area contributed by atoms with Crippen LogP contribution < -0.4 is 16.4 Å². The van der Waals surface area contributed by atoms with E-state index in [2.05, 4.69) is 37.5 Å². The molecule has 0 unspecified atom stereocenters. The zero-order valence-electron chi connectivity index (χ0n) is 14.4. The Morgan fingerprint density at radius 3 is 2.27 bits per heavy atom. The first kappa shape index (κ1) is 18.8. The number of anilines is 1. The summed E-state index contributed by atoms with van der Waals surface area (Å²) in [5.74, 6) is 0.375. The van der Waals surface area contributed by atoms with Crippen molar-refractivity contribution in [3.05, 3.63) is 23.8 Å². The van der Waals surface area contributed by atoms with Crippen LogP contribution in [0.2, 0.25) is 0 Å². The molecule has 0 spiro atoms. The van der Waals surface area contributed by atoms with Gasteiger partial charge in [-0.15, -0.1) is 0 Å². The topological polar surface area (TPSA) is 70.3 Å². The zero-order valence-corrected chi connectivity index (χ0v) is 14.4. The van der Waals surface area contributed by atoms with Gasteiger partial charge in [0, 0.05) is 17.8 Å². The van der Waals surface area contributed by atoms with E-state index in [1.165, 1.54) is 6.42 Å². The Balaban J connectivity index is 2.23. The Morgan fingerprint density at radius 1 is 1.00 bits per heavy atom. The monoisotopic (exact) mass is 307 g/mol. The standard InChI is InChI=1S/C18H33N3O/c1-18(2,3)16-14-15(8-9-17(16)22)21-13-7-6-12-20-11-5-4-10-19/h8-9,14,20-22H,4-7,10-13,19H2,1-3H3. The van der Waals surface area contributed by atoms with Crippen LogP contribution in [-0.4, -0.2) is 31.3 Å². The number of aromatic hydroxyl groups is 1. The number of nitrogens with two attached hydrogens (primary N) is 1. The van der Waals surface area contributed by atoms with Crippen molar-refractivity contribution in [1.82, 2.24) is 5.32 Å². The van der Waals surface area contributed by atoms with Gasteiger partial charge in [0.15, 0.2) is 0 Å². The average molecular weight is 307 g/mol. The van der Waals surface area contributed by atoms with Gasteiger partial charge in [0.05, 0.1) is 0 Å². The van der Waals surface area contributed by atoms with Crippen LogP contribution in [0.3, 0.4) is 0 Å². The fourth-order valence-electron chi connectivity index (χ4n) is 2.37. The van der Waals surface area contributed by atoms with Gasteiger partial charge in [0.2, 0.25) is 0 Å². The van der Waals surface area contributed by atoms with Gasteiger partial charge in [-0.3, -0.25) is 0 Å². The molecule has 0 heterocycles. The number of unbranched alkanes of at least 4 members (excludes halogenated alkanes) is 2. The Kier molecular flexibility index (Phi) is 8.28. The molecule has 1 rings (SSSR count). The van der Waals surface area contributed by atoms with Crippen molar-refractivity contribution in [3.8, 4) is 5.75 Å². The highest BCUT2D eigenvalue weighted by molar-refractivity contribution is 5.52. The van der Waals surface area contributed by atoms with E-state index in [-0.39, 0.29) is 5.41 Å². The largest absolute Gasteiger partial charge is 0.508 e. The molecule has 0 saturated carbocycles. The van der Waals surface area contributed by atoms with Crippen LogP contribution >= 0.6 is 0 Å². The van der Waals surface area contributed by atoms with Gasteiger partial charge in [0.25, 0.3) is 0 Å². The normalized spacial score (nSPS) is 11.6. The van der Waals surface area contributed by atoms with E-state index in [9.17, 15) is 5.11 Å². The number of hydrogen-bond acceptors (Lipinski definition) is 4. The second kappa shape index (κ2) is 9.70. The van der Waals surface area contributed by atoms with Crippen molar-refractivity contribution in [2.24, 2.45) is 5.73 Å². The van der Waals surface area contributed by atoms with Crippen molar-refractivity contribution < 1.29 is 5.11 Å². The Labute approximate surface area is 135 Å². The zero-order chi connectivity index (χ0) is 16.4. The predicted molar refractivity (Wildman–Crippen MR) is 95.7 cm³/mol. The number of nitrogens with one attached hydrogen (secondary N) is 2. The van der Waals surface area contributed by atoms with E-state index in [4.69, 9.17) is 5.73 Å². The summed E-state index contributed by atoms with van der Waals surface area (Å²) < 4.78 is 0. The van der Waals surface area contributed by atoms with Crippen LogP contribution in [0, 0.1) is 0 Å². The minimum atomic E-state index is -0.0464. The molecule has 0 saturated heterocycles. The van der Waals surface area contributed by atoms with Crippen LogP contribution in [0.4, 0.5) is 5.69 Å². The third kappa shape index (κ3) is 7.14. The molecule has 0 radical (unpaired) electrons.